The van der Waals surface area contributed by atoms with E-state index in [4.69, 9.17) is 5.73 Å². The van der Waals surface area contributed by atoms with Crippen LogP contribution in [0.25, 0.3) is 0 Å². The van der Waals surface area contributed by atoms with E-state index in [9.17, 15) is 23.3 Å². The molecular weight excluding hydrogens is 372 g/mol. The molecule has 2 rings (SSSR count). The lowest BCUT2D eigenvalue weighted by atomic mass is 10.1. The van der Waals surface area contributed by atoms with Crippen LogP contribution in [0.3, 0.4) is 0 Å². The van der Waals surface area contributed by atoms with Crippen LogP contribution in [0.4, 0.5) is 5.69 Å². The summed E-state index contributed by atoms with van der Waals surface area (Å²) in [5.41, 5.74) is 5.03. The van der Waals surface area contributed by atoms with Gasteiger partial charge in [-0.15, -0.1) is 12.4 Å². The molecule has 1 aromatic rings. The van der Waals surface area contributed by atoms with Gasteiger partial charge in [0.2, 0.25) is 15.9 Å². The number of sulfonamides is 1. The number of para-hydroxylation sites is 1. The van der Waals surface area contributed by atoms with E-state index in [0.29, 0.717) is 0 Å². The highest BCUT2D eigenvalue weighted by Crippen LogP contribution is 2.27. The molecule has 2 N–H and O–H groups in total. The molecule has 140 valence electrons. The number of nitrogens with two attached hydrogens (primary N) is 1. The van der Waals surface area contributed by atoms with E-state index >= 15 is 0 Å². The van der Waals surface area contributed by atoms with Crippen LogP contribution in [0, 0.1) is 16.0 Å². The molecule has 1 saturated heterocycles. The maximum absolute atomic E-state index is 12.7. The summed E-state index contributed by atoms with van der Waals surface area (Å²) in [5, 5.41) is 11.1. The minimum atomic E-state index is -3.98. The van der Waals surface area contributed by atoms with Gasteiger partial charge in [0.05, 0.1) is 4.92 Å². The molecule has 1 aliphatic rings. The van der Waals surface area contributed by atoms with Gasteiger partial charge in [0, 0.05) is 44.7 Å². The fourth-order valence-corrected chi connectivity index (χ4v) is 4.11. The molecule has 0 aromatic heterocycles. The lowest BCUT2D eigenvalue weighted by molar-refractivity contribution is -0.387. The van der Waals surface area contributed by atoms with Gasteiger partial charge in [0.1, 0.15) is 0 Å². The zero-order valence-electron chi connectivity index (χ0n) is 13.7. The Morgan fingerprint density at radius 1 is 1.28 bits per heavy atom. The van der Waals surface area contributed by atoms with E-state index in [2.05, 4.69) is 0 Å². The van der Waals surface area contributed by atoms with Crippen LogP contribution in [-0.4, -0.2) is 61.2 Å². The van der Waals surface area contributed by atoms with E-state index in [0.717, 1.165) is 6.07 Å². The molecule has 25 heavy (non-hydrogen) atoms. The number of nitro groups is 1. The average Bonchev–Trinajstić information content (AvgIpc) is 2.60. The van der Waals surface area contributed by atoms with Crippen LogP contribution < -0.4 is 5.73 Å². The zero-order valence-corrected chi connectivity index (χ0v) is 15.3. The molecule has 1 amide bonds. The summed E-state index contributed by atoms with van der Waals surface area (Å²) in [6, 6.07) is 5.25. The van der Waals surface area contributed by atoms with Gasteiger partial charge < -0.3 is 10.6 Å². The Hall–Kier alpha value is -1.75. The van der Waals surface area contributed by atoms with Gasteiger partial charge in [-0.2, -0.15) is 4.31 Å². The molecule has 1 fully saturated rings. The summed E-state index contributed by atoms with van der Waals surface area (Å²) in [7, 11) is -3.98. The number of carbonyl (C=O) groups is 1. The summed E-state index contributed by atoms with van der Waals surface area (Å²) in [5.74, 6) is -0.427. The first-order valence-corrected chi connectivity index (χ1v) is 8.95. The van der Waals surface area contributed by atoms with Crippen LogP contribution >= 0.6 is 12.4 Å². The Bertz CT molecular complexity index is 734. The minimum Gasteiger partial charge on any atom is -0.340 e. The van der Waals surface area contributed by atoms with E-state index in [1.165, 1.54) is 22.5 Å². The van der Waals surface area contributed by atoms with Gasteiger partial charge in [0.15, 0.2) is 4.90 Å². The monoisotopic (exact) mass is 392 g/mol. The molecular formula is C14H21ClN4O5S. The molecule has 1 atom stereocenters. The van der Waals surface area contributed by atoms with Gasteiger partial charge in [-0.25, -0.2) is 8.42 Å². The van der Waals surface area contributed by atoms with Gasteiger partial charge in [-0.05, 0) is 6.07 Å². The molecule has 0 saturated carbocycles. The van der Waals surface area contributed by atoms with Crippen molar-refractivity contribution in [2.45, 2.75) is 11.8 Å². The van der Waals surface area contributed by atoms with Crippen molar-refractivity contribution in [3.63, 3.8) is 0 Å². The molecule has 9 nitrogen and oxygen atoms in total. The normalized spacial score (nSPS) is 16.8. The average molecular weight is 393 g/mol. The Morgan fingerprint density at radius 2 is 1.84 bits per heavy atom. The van der Waals surface area contributed by atoms with Gasteiger partial charge in [-0.1, -0.05) is 19.1 Å². The third-order valence-corrected chi connectivity index (χ3v) is 5.95. The van der Waals surface area contributed by atoms with E-state index < -0.39 is 20.6 Å². The molecule has 0 aliphatic carbocycles. The summed E-state index contributed by atoms with van der Waals surface area (Å²) < 4.78 is 26.5. The minimum absolute atomic E-state index is 0. The first kappa shape index (κ1) is 21.3. The van der Waals surface area contributed by atoms with E-state index in [-0.39, 0.29) is 61.9 Å². The number of benzene rings is 1. The van der Waals surface area contributed by atoms with Crippen LogP contribution in [0.2, 0.25) is 0 Å². The Labute approximate surface area is 152 Å². The Kier molecular flexibility index (Phi) is 7.29. The second-order valence-electron chi connectivity index (χ2n) is 5.59. The van der Waals surface area contributed by atoms with Crippen molar-refractivity contribution in [3.05, 3.63) is 34.4 Å². The van der Waals surface area contributed by atoms with Crippen molar-refractivity contribution in [2.75, 3.05) is 32.7 Å². The molecule has 1 aliphatic heterocycles. The number of nitrogens with zero attached hydrogens (tertiary/aromatic N) is 3. The maximum atomic E-state index is 12.7. The second kappa shape index (κ2) is 8.56. The summed E-state index contributed by atoms with van der Waals surface area (Å²) >= 11 is 0. The standard InChI is InChI=1S/C14H20N4O5S.ClH/c1-11(10-15)14(19)16-6-8-17(9-7-16)24(22,23)13-5-3-2-4-12(13)18(20)21;/h2-5,11H,6-10,15H2,1H3;1H. The quantitative estimate of drug-likeness (QED) is 0.572. The van der Waals surface area contributed by atoms with E-state index in [1.807, 2.05) is 0 Å². The fraction of sp³-hybridized carbons (Fsp3) is 0.500. The van der Waals surface area contributed by atoms with Crippen LogP contribution in [0.1, 0.15) is 6.92 Å². The SMILES string of the molecule is CC(CN)C(=O)N1CCN(S(=O)(=O)c2ccccc2[N+](=O)[O-])CC1.Cl. The summed E-state index contributed by atoms with van der Waals surface area (Å²) in [6.07, 6.45) is 0. The Morgan fingerprint density at radius 3 is 2.36 bits per heavy atom. The van der Waals surface area contributed by atoms with Crippen molar-refractivity contribution >= 4 is 34.0 Å². The number of nitro benzene ring substituents is 1. The molecule has 11 heteroatoms. The van der Waals surface area contributed by atoms with E-state index in [1.54, 1.807) is 11.8 Å². The second-order valence-corrected chi connectivity index (χ2v) is 7.50. The third kappa shape index (κ3) is 4.46. The maximum Gasteiger partial charge on any atom is 0.289 e. The van der Waals surface area contributed by atoms with Crippen molar-refractivity contribution in [1.29, 1.82) is 0 Å². The number of amides is 1. The number of hydrogen-bond acceptors (Lipinski definition) is 6. The predicted molar refractivity (Wildman–Crippen MR) is 93.9 cm³/mol. The van der Waals surface area contributed by atoms with Crippen molar-refractivity contribution < 1.29 is 18.1 Å². The summed E-state index contributed by atoms with van der Waals surface area (Å²) in [4.78, 5) is 23.7. The molecule has 0 bridgehead atoms. The predicted octanol–water partition coefficient (Wildman–Crippen LogP) is 0.444. The molecule has 0 spiro atoms. The van der Waals surface area contributed by atoms with Gasteiger partial charge in [0.25, 0.3) is 5.69 Å². The molecule has 1 unspecified atom stereocenters. The lowest BCUT2D eigenvalue weighted by Gasteiger charge is -2.35. The van der Waals surface area contributed by atoms with Crippen molar-refractivity contribution in [1.82, 2.24) is 9.21 Å². The van der Waals surface area contributed by atoms with Gasteiger partial charge in [-0.3, -0.25) is 14.9 Å². The number of carbonyl (C=O) groups excluding carboxylic acids is 1. The number of piperazine rings is 1. The molecule has 0 radical (unpaired) electrons. The first-order chi connectivity index (χ1) is 11.3. The third-order valence-electron chi connectivity index (χ3n) is 4.01. The number of hydrogen-bond donors (Lipinski definition) is 1. The number of rotatable bonds is 5. The first-order valence-electron chi connectivity index (χ1n) is 7.51. The van der Waals surface area contributed by atoms with Crippen molar-refractivity contribution in [3.8, 4) is 0 Å². The van der Waals surface area contributed by atoms with Crippen molar-refractivity contribution in [2.24, 2.45) is 11.7 Å². The van der Waals surface area contributed by atoms with Crippen LogP contribution in [0.15, 0.2) is 29.2 Å². The number of halogens is 1. The highest BCUT2D eigenvalue weighted by molar-refractivity contribution is 7.89. The van der Waals surface area contributed by atoms with Crippen LogP contribution in [-0.2, 0) is 14.8 Å². The largest absolute Gasteiger partial charge is 0.340 e. The van der Waals surface area contributed by atoms with Crippen LogP contribution in [0.5, 0.6) is 0 Å². The molecule has 1 heterocycles. The zero-order chi connectivity index (χ0) is 17.9. The Balaban J connectivity index is 0.00000312. The lowest BCUT2D eigenvalue weighted by Crippen LogP contribution is -2.52. The molecule has 1 aromatic carbocycles. The topological polar surface area (TPSA) is 127 Å². The van der Waals surface area contributed by atoms with Gasteiger partial charge >= 0.3 is 0 Å². The summed E-state index contributed by atoms with van der Waals surface area (Å²) in [6.45, 7) is 2.62. The highest BCUT2D eigenvalue weighted by atomic mass is 35.5. The fourth-order valence-electron chi connectivity index (χ4n) is 2.53. The highest BCUT2D eigenvalue weighted by Gasteiger charge is 2.34. The smallest absolute Gasteiger partial charge is 0.289 e.